The predicted molar refractivity (Wildman–Crippen MR) is 134 cm³/mol. The van der Waals surface area contributed by atoms with Crippen molar-refractivity contribution in [3.05, 3.63) is 54.6 Å². The van der Waals surface area contributed by atoms with E-state index in [0.717, 1.165) is 18.6 Å². The minimum absolute atomic E-state index is 0.0972. The Morgan fingerprint density at radius 1 is 0.886 bits per heavy atom. The highest BCUT2D eigenvalue weighted by atomic mass is 32.2. The number of sulfonamides is 1. The van der Waals surface area contributed by atoms with Crippen molar-refractivity contribution in [3.8, 4) is 5.75 Å². The van der Waals surface area contributed by atoms with Crippen molar-refractivity contribution in [2.75, 3.05) is 37.7 Å². The molecule has 2 aliphatic rings. The highest BCUT2D eigenvalue weighted by Gasteiger charge is 2.44. The average molecular weight is 500 g/mol. The Morgan fingerprint density at radius 3 is 2.23 bits per heavy atom. The lowest BCUT2D eigenvalue weighted by molar-refractivity contribution is -0.123. The van der Waals surface area contributed by atoms with Crippen molar-refractivity contribution in [1.29, 1.82) is 0 Å². The summed E-state index contributed by atoms with van der Waals surface area (Å²) in [6.07, 6.45) is 4.61. The van der Waals surface area contributed by atoms with Gasteiger partial charge in [0, 0.05) is 26.2 Å². The molecule has 8 nitrogen and oxygen atoms in total. The zero-order valence-corrected chi connectivity index (χ0v) is 21.0. The van der Waals surface area contributed by atoms with E-state index in [9.17, 15) is 18.0 Å². The first-order valence-corrected chi connectivity index (χ1v) is 13.7. The first kappa shape index (κ1) is 25.3. The van der Waals surface area contributed by atoms with Gasteiger partial charge in [-0.05, 0) is 42.8 Å². The minimum Gasteiger partial charge on any atom is -0.494 e. The van der Waals surface area contributed by atoms with Gasteiger partial charge in [-0.3, -0.25) is 14.5 Å². The second-order valence-electron chi connectivity index (χ2n) is 8.94. The van der Waals surface area contributed by atoms with E-state index in [2.05, 4.69) is 6.92 Å². The van der Waals surface area contributed by atoms with Crippen LogP contribution < -0.4 is 9.64 Å². The smallest absolute Gasteiger partial charge is 0.251 e. The molecule has 0 saturated carbocycles. The van der Waals surface area contributed by atoms with Crippen LogP contribution in [0.3, 0.4) is 0 Å². The standard InChI is InChI=1S/C26H33N3O5S/c1-2-3-4-8-19-34-22-13-11-21(12-14-22)29-25(30)20-24(26(29)31)27-15-17-28(18-16-27)35(32,33)23-9-6-5-7-10-23/h5-7,9-14,24H,2-4,8,15-20H2,1H3. The molecule has 2 amide bonds. The van der Waals surface area contributed by atoms with Gasteiger partial charge in [0.25, 0.3) is 5.91 Å². The summed E-state index contributed by atoms with van der Waals surface area (Å²) in [5, 5.41) is 0. The van der Waals surface area contributed by atoms with Gasteiger partial charge in [0.05, 0.1) is 29.7 Å². The number of nitrogens with zero attached hydrogens (tertiary/aromatic N) is 3. The SMILES string of the molecule is CCCCCCOc1ccc(N2C(=O)CC(N3CCN(S(=O)(=O)c4ccccc4)CC3)C2=O)cc1. The third kappa shape index (κ3) is 5.74. The van der Waals surface area contributed by atoms with Crippen LogP contribution in [0.15, 0.2) is 59.5 Å². The van der Waals surface area contributed by atoms with Gasteiger partial charge in [-0.2, -0.15) is 4.31 Å². The molecular formula is C26H33N3O5S. The van der Waals surface area contributed by atoms with Crippen LogP contribution in [0.1, 0.15) is 39.0 Å². The normalized spacial score (nSPS) is 19.9. The maximum Gasteiger partial charge on any atom is 0.251 e. The Balaban J connectivity index is 1.34. The molecule has 2 saturated heterocycles. The number of piperazine rings is 1. The van der Waals surface area contributed by atoms with E-state index in [1.807, 2.05) is 4.90 Å². The number of benzene rings is 2. The molecule has 2 fully saturated rings. The summed E-state index contributed by atoms with van der Waals surface area (Å²) in [5.74, 6) is 0.215. The molecule has 0 spiro atoms. The Labute approximate surface area is 207 Å². The minimum atomic E-state index is -3.57. The number of hydrogen-bond acceptors (Lipinski definition) is 6. The first-order valence-electron chi connectivity index (χ1n) is 12.3. The van der Waals surface area contributed by atoms with Gasteiger partial charge in [0.2, 0.25) is 15.9 Å². The molecular weight excluding hydrogens is 466 g/mol. The van der Waals surface area contributed by atoms with Crippen LogP contribution in [0, 0.1) is 0 Å². The van der Waals surface area contributed by atoms with E-state index in [1.54, 1.807) is 54.6 Å². The predicted octanol–water partition coefficient (Wildman–Crippen LogP) is 3.28. The molecule has 2 aliphatic heterocycles. The zero-order chi connectivity index (χ0) is 24.8. The molecule has 1 unspecified atom stereocenters. The molecule has 2 aromatic rings. The summed E-state index contributed by atoms with van der Waals surface area (Å²) in [6.45, 7) is 4.16. The monoisotopic (exact) mass is 499 g/mol. The van der Waals surface area contributed by atoms with Crippen molar-refractivity contribution in [1.82, 2.24) is 9.21 Å². The number of carbonyl (C=O) groups excluding carboxylic acids is 2. The molecule has 2 aromatic carbocycles. The summed E-state index contributed by atoms with van der Waals surface area (Å²) in [7, 11) is -3.57. The number of unbranched alkanes of at least 4 members (excludes halogenated alkanes) is 3. The fraction of sp³-hybridized carbons (Fsp3) is 0.462. The Kier molecular flexibility index (Phi) is 8.20. The maximum absolute atomic E-state index is 13.2. The summed E-state index contributed by atoms with van der Waals surface area (Å²) in [5.41, 5.74) is 0.533. The number of anilines is 1. The number of amides is 2. The van der Waals surface area contributed by atoms with E-state index >= 15 is 0 Å². The van der Waals surface area contributed by atoms with E-state index < -0.39 is 16.1 Å². The van der Waals surface area contributed by atoms with Crippen LogP contribution in [-0.2, 0) is 19.6 Å². The lowest BCUT2D eigenvalue weighted by atomic mass is 10.2. The van der Waals surface area contributed by atoms with Crippen LogP contribution in [0.2, 0.25) is 0 Å². The topological polar surface area (TPSA) is 87.2 Å². The van der Waals surface area contributed by atoms with Crippen molar-refractivity contribution >= 4 is 27.5 Å². The fourth-order valence-electron chi connectivity index (χ4n) is 4.58. The number of hydrogen-bond donors (Lipinski definition) is 0. The molecule has 188 valence electrons. The largest absolute Gasteiger partial charge is 0.494 e. The van der Waals surface area contributed by atoms with Crippen LogP contribution in [-0.4, -0.2) is 68.3 Å². The number of carbonyl (C=O) groups is 2. The lowest BCUT2D eigenvalue weighted by Gasteiger charge is -2.36. The second kappa shape index (κ2) is 11.3. The Hall–Kier alpha value is -2.75. The van der Waals surface area contributed by atoms with E-state index in [0.29, 0.717) is 25.4 Å². The van der Waals surface area contributed by atoms with E-state index in [-0.39, 0.29) is 36.2 Å². The molecule has 0 aromatic heterocycles. The summed E-state index contributed by atoms with van der Waals surface area (Å²) >= 11 is 0. The Morgan fingerprint density at radius 2 is 1.57 bits per heavy atom. The molecule has 35 heavy (non-hydrogen) atoms. The highest BCUT2D eigenvalue weighted by molar-refractivity contribution is 7.89. The average Bonchev–Trinajstić information content (AvgIpc) is 3.18. The maximum atomic E-state index is 13.2. The molecule has 0 bridgehead atoms. The van der Waals surface area contributed by atoms with Crippen molar-refractivity contribution in [3.63, 3.8) is 0 Å². The summed E-state index contributed by atoms with van der Waals surface area (Å²) in [4.78, 5) is 29.3. The molecule has 1 atom stereocenters. The third-order valence-electron chi connectivity index (χ3n) is 6.58. The van der Waals surface area contributed by atoms with Gasteiger partial charge < -0.3 is 4.74 Å². The van der Waals surface area contributed by atoms with Crippen LogP contribution in [0.25, 0.3) is 0 Å². The van der Waals surface area contributed by atoms with Crippen LogP contribution in [0.5, 0.6) is 5.75 Å². The van der Waals surface area contributed by atoms with Crippen molar-refractivity contribution in [2.45, 2.75) is 50.0 Å². The zero-order valence-electron chi connectivity index (χ0n) is 20.1. The first-order chi connectivity index (χ1) is 16.9. The molecule has 4 rings (SSSR count). The van der Waals surface area contributed by atoms with Crippen LogP contribution >= 0.6 is 0 Å². The second-order valence-corrected chi connectivity index (χ2v) is 10.9. The molecule has 2 heterocycles. The molecule has 9 heteroatoms. The van der Waals surface area contributed by atoms with E-state index in [4.69, 9.17) is 4.74 Å². The van der Waals surface area contributed by atoms with Crippen LogP contribution in [0.4, 0.5) is 5.69 Å². The lowest BCUT2D eigenvalue weighted by Crippen LogP contribution is -2.53. The number of ether oxygens (including phenoxy) is 1. The van der Waals surface area contributed by atoms with Gasteiger partial charge >= 0.3 is 0 Å². The molecule has 0 N–H and O–H groups in total. The summed E-state index contributed by atoms with van der Waals surface area (Å²) < 4.78 is 33.0. The summed E-state index contributed by atoms with van der Waals surface area (Å²) in [6, 6.07) is 14.8. The molecule has 0 radical (unpaired) electrons. The van der Waals surface area contributed by atoms with Crippen molar-refractivity contribution < 1.29 is 22.7 Å². The number of imide groups is 1. The van der Waals surface area contributed by atoms with Crippen molar-refractivity contribution in [2.24, 2.45) is 0 Å². The fourth-order valence-corrected chi connectivity index (χ4v) is 6.02. The van der Waals surface area contributed by atoms with Gasteiger partial charge in [-0.1, -0.05) is 44.4 Å². The molecule has 0 aliphatic carbocycles. The quantitative estimate of drug-likeness (QED) is 0.368. The Bertz CT molecular complexity index is 1110. The highest BCUT2D eigenvalue weighted by Crippen LogP contribution is 2.28. The van der Waals surface area contributed by atoms with Gasteiger partial charge in [-0.25, -0.2) is 13.3 Å². The van der Waals surface area contributed by atoms with E-state index in [1.165, 1.54) is 22.0 Å². The van der Waals surface area contributed by atoms with Gasteiger partial charge in [0.15, 0.2) is 0 Å². The number of rotatable bonds is 10. The van der Waals surface area contributed by atoms with Gasteiger partial charge in [0.1, 0.15) is 5.75 Å². The third-order valence-corrected chi connectivity index (χ3v) is 8.49. The van der Waals surface area contributed by atoms with Gasteiger partial charge in [-0.15, -0.1) is 0 Å².